The van der Waals surface area contributed by atoms with Crippen molar-refractivity contribution < 1.29 is 24.2 Å². The van der Waals surface area contributed by atoms with Crippen LogP contribution in [-0.4, -0.2) is 35.5 Å². The Balaban J connectivity index is 1.75. The second-order valence-electron chi connectivity index (χ2n) is 6.57. The smallest absolute Gasteiger partial charge is 0.303 e. The molecule has 3 N–H and O–H groups in total. The molecule has 0 heterocycles. The zero-order chi connectivity index (χ0) is 18.9. The molecule has 7 nitrogen and oxygen atoms in total. The first-order chi connectivity index (χ1) is 12.5. The van der Waals surface area contributed by atoms with Gasteiger partial charge in [-0.2, -0.15) is 0 Å². The molecule has 2 rings (SSSR count). The van der Waals surface area contributed by atoms with Crippen molar-refractivity contribution in [3.8, 4) is 5.75 Å². The highest BCUT2D eigenvalue weighted by Gasteiger charge is 2.25. The van der Waals surface area contributed by atoms with Crippen LogP contribution in [0.1, 0.15) is 45.4 Å². The van der Waals surface area contributed by atoms with E-state index in [1.54, 1.807) is 31.2 Å². The van der Waals surface area contributed by atoms with Crippen molar-refractivity contribution in [2.75, 3.05) is 11.9 Å². The van der Waals surface area contributed by atoms with Crippen LogP contribution in [0.25, 0.3) is 0 Å². The Morgan fingerprint density at radius 3 is 2.46 bits per heavy atom. The van der Waals surface area contributed by atoms with Crippen LogP contribution in [-0.2, 0) is 14.4 Å². The molecular formula is C19H26N2O5. The summed E-state index contributed by atoms with van der Waals surface area (Å²) in [7, 11) is 0. The molecule has 1 aliphatic rings. The van der Waals surface area contributed by atoms with E-state index in [1.807, 2.05) is 0 Å². The highest BCUT2D eigenvalue weighted by atomic mass is 16.5. The molecule has 0 radical (unpaired) electrons. The summed E-state index contributed by atoms with van der Waals surface area (Å²) >= 11 is 0. The van der Waals surface area contributed by atoms with Crippen LogP contribution in [0.15, 0.2) is 24.3 Å². The summed E-state index contributed by atoms with van der Waals surface area (Å²) < 4.78 is 5.44. The molecule has 1 aliphatic carbocycles. The maximum Gasteiger partial charge on any atom is 0.303 e. The van der Waals surface area contributed by atoms with E-state index in [0.29, 0.717) is 24.5 Å². The van der Waals surface area contributed by atoms with Crippen molar-refractivity contribution in [1.29, 1.82) is 0 Å². The maximum atomic E-state index is 12.2. The van der Waals surface area contributed by atoms with Crippen molar-refractivity contribution >= 4 is 23.5 Å². The summed E-state index contributed by atoms with van der Waals surface area (Å²) in [6.07, 6.45) is 4.44. The van der Waals surface area contributed by atoms with Crippen LogP contribution in [0.5, 0.6) is 5.75 Å². The van der Waals surface area contributed by atoms with Crippen molar-refractivity contribution in [1.82, 2.24) is 5.32 Å². The van der Waals surface area contributed by atoms with Gasteiger partial charge in [-0.1, -0.05) is 12.8 Å². The minimum absolute atomic E-state index is 0.0304. The molecule has 1 fully saturated rings. The van der Waals surface area contributed by atoms with Gasteiger partial charge in [-0.15, -0.1) is 0 Å². The molecule has 1 aromatic carbocycles. The average Bonchev–Trinajstić information content (AvgIpc) is 3.14. The molecule has 1 saturated carbocycles. The zero-order valence-corrected chi connectivity index (χ0v) is 15.0. The number of anilines is 1. The molecule has 26 heavy (non-hydrogen) atoms. The molecule has 1 aromatic rings. The minimum Gasteiger partial charge on any atom is -0.494 e. The van der Waals surface area contributed by atoms with Crippen molar-refractivity contribution in [2.24, 2.45) is 5.92 Å². The highest BCUT2D eigenvalue weighted by molar-refractivity contribution is 5.97. The number of ether oxygens (including phenoxy) is 1. The first kappa shape index (κ1) is 19.8. The molecule has 0 aliphatic heterocycles. The van der Waals surface area contributed by atoms with Crippen LogP contribution >= 0.6 is 0 Å². The lowest BCUT2D eigenvalue weighted by atomic mass is 10.1. The topological polar surface area (TPSA) is 105 Å². The summed E-state index contributed by atoms with van der Waals surface area (Å²) in [5.74, 6) is -0.527. The second kappa shape index (κ2) is 9.79. The van der Waals surface area contributed by atoms with Gasteiger partial charge >= 0.3 is 5.97 Å². The SMILES string of the molecule is CC(NC(=O)C1CCCC1)C(=O)Nc1ccc(OCCCC(=O)O)cc1. The third-order valence-corrected chi connectivity index (χ3v) is 4.40. The van der Waals surface area contributed by atoms with E-state index < -0.39 is 12.0 Å². The Labute approximate surface area is 153 Å². The summed E-state index contributed by atoms with van der Waals surface area (Å²) in [5.41, 5.74) is 0.606. The van der Waals surface area contributed by atoms with E-state index >= 15 is 0 Å². The Morgan fingerprint density at radius 1 is 1.19 bits per heavy atom. The lowest BCUT2D eigenvalue weighted by Crippen LogP contribution is -2.43. The number of nitrogens with one attached hydrogen (secondary N) is 2. The number of carbonyl (C=O) groups excluding carboxylic acids is 2. The molecule has 1 atom stereocenters. The van der Waals surface area contributed by atoms with Gasteiger partial charge in [-0.05, 0) is 50.5 Å². The molecule has 0 spiro atoms. The predicted molar refractivity (Wildman–Crippen MR) is 97.0 cm³/mol. The van der Waals surface area contributed by atoms with E-state index in [1.165, 1.54) is 0 Å². The number of carbonyl (C=O) groups is 3. The van der Waals surface area contributed by atoms with Crippen LogP contribution in [0.3, 0.4) is 0 Å². The van der Waals surface area contributed by atoms with Crippen LogP contribution in [0.4, 0.5) is 5.69 Å². The zero-order valence-electron chi connectivity index (χ0n) is 15.0. The van der Waals surface area contributed by atoms with Gasteiger partial charge in [0, 0.05) is 18.0 Å². The van der Waals surface area contributed by atoms with E-state index in [0.717, 1.165) is 25.7 Å². The Morgan fingerprint density at radius 2 is 1.85 bits per heavy atom. The molecule has 0 bridgehead atoms. The fraction of sp³-hybridized carbons (Fsp3) is 0.526. The standard InChI is InChI=1S/C19H26N2O5/c1-13(20-19(25)14-5-2-3-6-14)18(24)21-15-8-10-16(11-9-15)26-12-4-7-17(22)23/h8-11,13-14H,2-7,12H2,1H3,(H,20,25)(H,21,24)(H,22,23). The van der Waals surface area contributed by atoms with E-state index in [-0.39, 0.29) is 24.2 Å². The van der Waals surface area contributed by atoms with Crippen LogP contribution < -0.4 is 15.4 Å². The number of hydrogen-bond acceptors (Lipinski definition) is 4. The summed E-state index contributed by atoms with van der Waals surface area (Å²) in [6.45, 7) is 1.99. The molecule has 142 valence electrons. The first-order valence-corrected chi connectivity index (χ1v) is 9.01. The quantitative estimate of drug-likeness (QED) is 0.586. The van der Waals surface area contributed by atoms with E-state index in [4.69, 9.17) is 9.84 Å². The van der Waals surface area contributed by atoms with E-state index in [9.17, 15) is 14.4 Å². The second-order valence-corrected chi connectivity index (χ2v) is 6.57. The van der Waals surface area contributed by atoms with Gasteiger partial charge in [0.15, 0.2) is 0 Å². The first-order valence-electron chi connectivity index (χ1n) is 9.01. The Kier molecular flexibility index (Phi) is 7.44. The third kappa shape index (κ3) is 6.38. The van der Waals surface area contributed by atoms with Gasteiger partial charge in [0.1, 0.15) is 11.8 Å². The Bertz CT molecular complexity index is 623. The molecule has 0 aromatic heterocycles. The number of rotatable bonds is 9. The van der Waals surface area contributed by atoms with Gasteiger partial charge in [0.2, 0.25) is 11.8 Å². The number of amides is 2. The third-order valence-electron chi connectivity index (χ3n) is 4.40. The summed E-state index contributed by atoms with van der Waals surface area (Å²) in [6, 6.07) is 6.22. The van der Waals surface area contributed by atoms with Crippen molar-refractivity contribution in [3.05, 3.63) is 24.3 Å². The fourth-order valence-electron chi connectivity index (χ4n) is 2.88. The number of benzene rings is 1. The van der Waals surface area contributed by atoms with Gasteiger partial charge in [0.25, 0.3) is 0 Å². The Hall–Kier alpha value is -2.57. The van der Waals surface area contributed by atoms with Gasteiger partial charge in [-0.3, -0.25) is 14.4 Å². The molecule has 7 heteroatoms. The van der Waals surface area contributed by atoms with Crippen molar-refractivity contribution in [2.45, 2.75) is 51.5 Å². The van der Waals surface area contributed by atoms with Gasteiger partial charge in [-0.25, -0.2) is 0 Å². The lowest BCUT2D eigenvalue weighted by Gasteiger charge is -2.17. The van der Waals surface area contributed by atoms with Gasteiger partial charge in [0.05, 0.1) is 6.61 Å². The van der Waals surface area contributed by atoms with Crippen LogP contribution in [0, 0.1) is 5.92 Å². The highest BCUT2D eigenvalue weighted by Crippen LogP contribution is 2.24. The lowest BCUT2D eigenvalue weighted by molar-refractivity contribution is -0.137. The summed E-state index contributed by atoms with van der Waals surface area (Å²) in [5, 5.41) is 14.1. The van der Waals surface area contributed by atoms with Crippen molar-refractivity contribution in [3.63, 3.8) is 0 Å². The number of carboxylic acid groups (broad SMARTS) is 1. The molecule has 1 unspecified atom stereocenters. The average molecular weight is 362 g/mol. The fourth-order valence-corrected chi connectivity index (χ4v) is 2.88. The molecular weight excluding hydrogens is 336 g/mol. The minimum atomic E-state index is -0.846. The molecule has 2 amide bonds. The number of aliphatic carboxylic acids is 1. The number of carboxylic acids is 1. The summed E-state index contributed by atoms with van der Waals surface area (Å²) in [4.78, 5) is 34.7. The number of hydrogen-bond donors (Lipinski definition) is 3. The monoisotopic (exact) mass is 362 g/mol. The molecule has 0 saturated heterocycles. The van der Waals surface area contributed by atoms with Gasteiger partial charge < -0.3 is 20.5 Å². The normalized spacial score (nSPS) is 15.3. The maximum absolute atomic E-state index is 12.2. The van der Waals surface area contributed by atoms with E-state index in [2.05, 4.69) is 10.6 Å². The largest absolute Gasteiger partial charge is 0.494 e. The predicted octanol–water partition coefficient (Wildman–Crippen LogP) is 2.56. The van der Waals surface area contributed by atoms with Crippen LogP contribution in [0.2, 0.25) is 0 Å².